The number of carbonyl (C=O) groups is 2. The van der Waals surface area contributed by atoms with Crippen LogP contribution < -0.4 is 14.4 Å². The Morgan fingerprint density at radius 1 is 1.05 bits per heavy atom. The first kappa shape index (κ1) is 31.0. The summed E-state index contributed by atoms with van der Waals surface area (Å²) >= 11 is 18.5. The van der Waals surface area contributed by atoms with Crippen molar-refractivity contribution >= 4 is 62.3 Å². The molecule has 37 heavy (non-hydrogen) atoms. The standard InChI is InChI=1S/C25H32Cl3N3O5S/c1-7-20(24(33)29-25(2,3)4)30(14-16-8-9-17(26)12-19(16)28)23(32)15-31(37(6,34)35)21-13-18(27)10-11-22(21)36-5/h8-13,20H,7,14-15H2,1-6H3,(H,29,33)/t20-/m0/s1. The number of rotatable bonds is 10. The number of halogens is 3. The summed E-state index contributed by atoms with van der Waals surface area (Å²) in [5, 5.41) is 3.89. The van der Waals surface area contributed by atoms with Crippen LogP contribution in [0.2, 0.25) is 15.1 Å². The second-order valence-corrected chi connectivity index (χ2v) is 12.7. The third-order valence-corrected chi connectivity index (χ3v) is 7.28. The van der Waals surface area contributed by atoms with Crippen LogP contribution in [0, 0.1) is 0 Å². The third-order valence-electron chi connectivity index (χ3n) is 5.33. The molecule has 2 aromatic carbocycles. The summed E-state index contributed by atoms with van der Waals surface area (Å²) in [5.41, 5.74) is 0.0968. The zero-order valence-electron chi connectivity index (χ0n) is 21.6. The molecular formula is C25H32Cl3N3O5S. The van der Waals surface area contributed by atoms with Crippen molar-refractivity contribution in [3.63, 3.8) is 0 Å². The Kier molecular flexibility index (Phi) is 10.5. The second kappa shape index (κ2) is 12.6. The Bertz CT molecular complexity index is 1250. The number of nitrogens with one attached hydrogen (secondary N) is 1. The van der Waals surface area contributed by atoms with Gasteiger partial charge in [-0.15, -0.1) is 0 Å². The van der Waals surface area contributed by atoms with Gasteiger partial charge in [0.2, 0.25) is 21.8 Å². The number of carbonyl (C=O) groups excluding carboxylic acids is 2. The highest BCUT2D eigenvalue weighted by atomic mass is 35.5. The van der Waals surface area contributed by atoms with Gasteiger partial charge < -0.3 is 15.0 Å². The van der Waals surface area contributed by atoms with Crippen LogP contribution >= 0.6 is 34.8 Å². The predicted molar refractivity (Wildman–Crippen MR) is 149 cm³/mol. The van der Waals surface area contributed by atoms with E-state index in [2.05, 4.69) is 5.32 Å². The van der Waals surface area contributed by atoms with Crippen LogP contribution in [-0.4, -0.2) is 56.6 Å². The molecule has 12 heteroatoms. The summed E-state index contributed by atoms with van der Waals surface area (Å²) in [4.78, 5) is 28.4. The maximum atomic E-state index is 13.8. The van der Waals surface area contributed by atoms with Crippen molar-refractivity contribution in [3.8, 4) is 5.75 Å². The van der Waals surface area contributed by atoms with Crippen molar-refractivity contribution in [2.45, 2.75) is 52.2 Å². The van der Waals surface area contributed by atoms with Gasteiger partial charge in [-0.3, -0.25) is 13.9 Å². The zero-order valence-corrected chi connectivity index (χ0v) is 24.7. The monoisotopic (exact) mass is 591 g/mol. The number of hydrogen-bond donors (Lipinski definition) is 1. The Labute approximate surface area is 233 Å². The lowest BCUT2D eigenvalue weighted by Gasteiger charge is -2.34. The highest BCUT2D eigenvalue weighted by molar-refractivity contribution is 7.92. The van der Waals surface area contributed by atoms with Crippen LogP contribution in [0.4, 0.5) is 5.69 Å². The van der Waals surface area contributed by atoms with Crippen molar-refractivity contribution in [2.24, 2.45) is 0 Å². The average Bonchev–Trinajstić information content (AvgIpc) is 2.76. The SMILES string of the molecule is CC[C@@H](C(=O)NC(C)(C)C)N(Cc1ccc(Cl)cc1Cl)C(=O)CN(c1cc(Cl)ccc1OC)S(C)(=O)=O. The summed E-state index contributed by atoms with van der Waals surface area (Å²) < 4.78 is 31.9. The fourth-order valence-corrected chi connectivity index (χ4v) is 5.14. The zero-order chi connectivity index (χ0) is 28.1. The van der Waals surface area contributed by atoms with Gasteiger partial charge in [-0.05, 0) is 63.1 Å². The Morgan fingerprint density at radius 2 is 1.65 bits per heavy atom. The van der Waals surface area contributed by atoms with Gasteiger partial charge in [0.15, 0.2) is 0 Å². The molecule has 1 atom stereocenters. The van der Waals surface area contributed by atoms with Gasteiger partial charge in [0.1, 0.15) is 18.3 Å². The highest BCUT2D eigenvalue weighted by Crippen LogP contribution is 2.33. The van der Waals surface area contributed by atoms with Gasteiger partial charge in [-0.1, -0.05) is 47.8 Å². The highest BCUT2D eigenvalue weighted by Gasteiger charge is 2.34. The maximum absolute atomic E-state index is 13.8. The molecule has 0 unspecified atom stereocenters. The summed E-state index contributed by atoms with van der Waals surface area (Å²) in [7, 11) is -2.58. The summed E-state index contributed by atoms with van der Waals surface area (Å²) in [6.07, 6.45) is 1.25. The topological polar surface area (TPSA) is 96.0 Å². The molecule has 2 amide bonds. The quantitative estimate of drug-likeness (QED) is 0.412. The molecule has 204 valence electrons. The van der Waals surface area contributed by atoms with Gasteiger partial charge in [0.25, 0.3) is 0 Å². The van der Waals surface area contributed by atoms with Crippen LogP contribution in [0.5, 0.6) is 5.75 Å². The minimum absolute atomic E-state index is 0.0464. The van der Waals surface area contributed by atoms with E-state index in [0.29, 0.717) is 15.6 Å². The minimum Gasteiger partial charge on any atom is -0.495 e. The molecule has 0 saturated heterocycles. The smallest absolute Gasteiger partial charge is 0.244 e. The van der Waals surface area contributed by atoms with E-state index in [1.165, 1.54) is 30.2 Å². The first-order valence-corrected chi connectivity index (χ1v) is 14.4. The van der Waals surface area contributed by atoms with Crippen LogP contribution in [0.3, 0.4) is 0 Å². The van der Waals surface area contributed by atoms with E-state index in [0.717, 1.165) is 10.6 Å². The van der Waals surface area contributed by atoms with E-state index >= 15 is 0 Å². The van der Waals surface area contributed by atoms with E-state index in [4.69, 9.17) is 39.5 Å². The van der Waals surface area contributed by atoms with Crippen molar-refractivity contribution in [3.05, 3.63) is 57.0 Å². The molecule has 0 bridgehead atoms. The molecule has 0 heterocycles. The molecule has 2 aromatic rings. The Hall–Kier alpha value is -2.20. The lowest BCUT2D eigenvalue weighted by molar-refractivity contribution is -0.141. The number of hydrogen-bond acceptors (Lipinski definition) is 5. The summed E-state index contributed by atoms with van der Waals surface area (Å²) in [5.74, 6) is -0.776. The van der Waals surface area contributed by atoms with Crippen LogP contribution in [-0.2, 0) is 26.2 Å². The van der Waals surface area contributed by atoms with Crippen LogP contribution in [0.25, 0.3) is 0 Å². The Balaban J connectivity index is 2.57. The molecule has 0 fully saturated rings. The van der Waals surface area contributed by atoms with Crippen molar-refractivity contribution in [1.29, 1.82) is 0 Å². The number of benzene rings is 2. The molecule has 2 rings (SSSR count). The number of anilines is 1. The molecule has 0 saturated carbocycles. The number of sulfonamides is 1. The van der Waals surface area contributed by atoms with Crippen LogP contribution in [0.1, 0.15) is 39.7 Å². The third kappa shape index (κ3) is 8.67. The van der Waals surface area contributed by atoms with E-state index < -0.39 is 34.1 Å². The van der Waals surface area contributed by atoms with E-state index in [-0.39, 0.29) is 35.3 Å². The Morgan fingerprint density at radius 3 is 2.16 bits per heavy atom. The number of ether oxygens (including phenoxy) is 1. The second-order valence-electron chi connectivity index (χ2n) is 9.51. The van der Waals surface area contributed by atoms with E-state index in [1.807, 2.05) is 20.8 Å². The fourth-order valence-electron chi connectivity index (χ4n) is 3.66. The number of nitrogens with zero attached hydrogens (tertiary/aromatic N) is 2. The number of amides is 2. The van der Waals surface area contributed by atoms with Crippen molar-refractivity contribution < 1.29 is 22.7 Å². The summed E-state index contributed by atoms with van der Waals surface area (Å²) in [6, 6.07) is 8.38. The molecule has 0 aliphatic rings. The van der Waals surface area contributed by atoms with Gasteiger partial charge >= 0.3 is 0 Å². The lowest BCUT2D eigenvalue weighted by atomic mass is 10.1. The van der Waals surface area contributed by atoms with Crippen molar-refractivity contribution in [2.75, 3.05) is 24.2 Å². The lowest BCUT2D eigenvalue weighted by Crippen LogP contribution is -2.55. The largest absolute Gasteiger partial charge is 0.495 e. The molecular weight excluding hydrogens is 561 g/mol. The van der Waals surface area contributed by atoms with Gasteiger partial charge in [0, 0.05) is 27.2 Å². The van der Waals surface area contributed by atoms with E-state index in [1.54, 1.807) is 25.1 Å². The van der Waals surface area contributed by atoms with Gasteiger partial charge in [-0.25, -0.2) is 8.42 Å². The normalized spacial score (nSPS) is 12.6. The fraction of sp³-hybridized carbons (Fsp3) is 0.440. The molecule has 8 nitrogen and oxygen atoms in total. The number of methoxy groups -OCH3 is 1. The van der Waals surface area contributed by atoms with E-state index in [9.17, 15) is 18.0 Å². The molecule has 0 aromatic heterocycles. The predicted octanol–water partition coefficient (Wildman–Crippen LogP) is 5.14. The maximum Gasteiger partial charge on any atom is 0.244 e. The first-order chi connectivity index (χ1) is 17.1. The average molecular weight is 593 g/mol. The molecule has 1 N–H and O–H groups in total. The molecule has 0 aliphatic carbocycles. The van der Waals surface area contributed by atoms with Crippen molar-refractivity contribution in [1.82, 2.24) is 10.2 Å². The first-order valence-electron chi connectivity index (χ1n) is 11.4. The molecule has 0 spiro atoms. The van der Waals surface area contributed by atoms with Gasteiger partial charge in [-0.2, -0.15) is 0 Å². The molecule has 0 aliphatic heterocycles. The summed E-state index contributed by atoms with van der Waals surface area (Å²) in [6.45, 7) is 6.62. The minimum atomic E-state index is -3.96. The van der Waals surface area contributed by atoms with Gasteiger partial charge in [0.05, 0.1) is 19.1 Å². The van der Waals surface area contributed by atoms with Crippen LogP contribution in [0.15, 0.2) is 36.4 Å². The molecule has 0 radical (unpaired) electrons.